The van der Waals surface area contributed by atoms with Gasteiger partial charge in [0.2, 0.25) is 0 Å². The molecule has 0 aromatic carbocycles. The van der Waals surface area contributed by atoms with E-state index in [0.717, 1.165) is 12.3 Å². The smallest absolute Gasteiger partial charge is 0.315 e. The Kier molecular flexibility index (Phi) is 7.85. The summed E-state index contributed by atoms with van der Waals surface area (Å²) in [5.74, 6) is 1.28. The largest absolute Gasteiger partial charge is 0.465 e. The van der Waals surface area contributed by atoms with Gasteiger partial charge in [-0.1, -0.05) is 27.7 Å². The van der Waals surface area contributed by atoms with Crippen LogP contribution < -0.4 is 5.32 Å². The molecule has 0 spiro atoms. The molecule has 3 nitrogen and oxygen atoms in total. The first-order valence-electron chi connectivity index (χ1n) is 5.88. The van der Waals surface area contributed by atoms with Crippen LogP contribution in [0.25, 0.3) is 0 Å². The van der Waals surface area contributed by atoms with Gasteiger partial charge in [-0.25, -0.2) is 0 Å². The van der Waals surface area contributed by atoms with Crippen molar-refractivity contribution in [2.24, 2.45) is 5.41 Å². The average molecular weight is 247 g/mol. The van der Waals surface area contributed by atoms with E-state index >= 15 is 0 Å². The summed E-state index contributed by atoms with van der Waals surface area (Å²) < 4.78 is 4.89. The lowest BCUT2D eigenvalue weighted by molar-refractivity contribution is -0.139. The van der Waals surface area contributed by atoms with Crippen molar-refractivity contribution in [1.82, 2.24) is 5.32 Å². The third-order valence-corrected chi connectivity index (χ3v) is 3.31. The molecule has 0 amide bonds. The summed E-state index contributed by atoms with van der Waals surface area (Å²) in [5.41, 5.74) is 0.220. The van der Waals surface area contributed by atoms with Crippen molar-refractivity contribution in [3.05, 3.63) is 0 Å². The zero-order valence-electron chi connectivity index (χ0n) is 11.1. The summed E-state index contributed by atoms with van der Waals surface area (Å²) in [6.45, 7) is 12.0. The van der Waals surface area contributed by atoms with Gasteiger partial charge >= 0.3 is 5.97 Å². The average Bonchev–Trinajstić information content (AvgIpc) is 2.15. The first-order valence-corrected chi connectivity index (χ1v) is 7.04. The van der Waals surface area contributed by atoms with E-state index in [4.69, 9.17) is 4.74 Å². The molecule has 0 aliphatic heterocycles. The summed E-state index contributed by atoms with van der Waals surface area (Å²) >= 11 is 1.64. The predicted molar refractivity (Wildman–Crippen MR) is 70.9 cm³/mol. The van der Waals surface area contributed by atoms with Crippen molar-refractivity contribution < 1.29 is 9.53 Å². The predicted octanol–water partition coefficient (Wildman–Crippen LogP) is 2.31. The maximum absolute atomic E-state index is 11.2. The molecule has 0 aromatic heterocycles. The Hall–Kier alpha value is -0.220. The van der Waals surface area contributed by atoms with Crippen LogP contribution in [0.4, 0.5) is 0 Å². The molecular weight excluding hydrogens is 222 g/mol. The van der Waals surface area contributed by atoms with Gasteiger partial charge in [-0.05, 0) is 18.9 Å². The molecule has 0 aromatic rings. The third-order valence-electron chi connectivity index (χ3n) is 2.31. The molecule has 1 unspecified atom stereocenters. The van der Waals surface area contributed by atoms with Crippen LogP contribution in [0, 0.1) is 5.41 Å². The van der Waals surface area contributed by atoms with Crippen molar-refractivity contribution in [3.8, 4) is 0 Å². The zero-order valence-corrected chi connectivity index (χ0v) is 11.9. The van der Waals surface area contributed by atoms with E-state index < -0.39 is 0 Å². The van der Waals surface area contributed by atoms with Crippen LogP contribution in [0.5, 0.6) is 0 Å². The SMILES string of the molecule is CCNC(CSCC(=O)OCC)C(C)(C)C. The van der Waals surface area contributed by atoms with Crippen LogP contribution in [0.3, 0.4) is 0 Å². The molecule has 16 heavy (non-hydrogen) atoms. The monoisotopic (exact) mass is 247 g/mol. The molecule has 1 N–H and O–H groups in total. The molecule has 0 bridgehead atoms. The first-order chi connectivity index (χ1) is 7.41. The van der Waals surface area contributed by atoms with Crippen LogP contribution in [-0.4, -0.2) is 36.7 Å². The first kappa shape index (κ1) is 15.8. The summed E-state index contributed by atoms with van der Waals surface area (Å²) in [6.07, 6.45) is 0. The maximum atomic E-state index is 11.2. The maximum Gasteiger partial charge on any atom is 0.315 e. The molecule has 0 radical (unpaired) electrons. The second-order valence-electron chi connectivity index (χ2n) is 4.80. The van der Waals surface area contributed by atoms with Gasteiger partial charge < -0.3 is 10.1 Å². The summed E-state index contributed by atoms with van der Waals surface area (Å²) in [6, 6.07) is 0.428. The highest BCUT2D eigenvalue weighted by molar-refractivity contribution is 7.99. The standard InChI is InChI=1S/C12H25NO2S/c1-6-13-10(12(3,4)5)8-16-9-11(14)15-7-2/h10,13H,6-9H2,1-5H3. The summed E-state index contributed by atoms with van der Waals surface area (Å²) in [4.78, 5) is 11.2. The van der Waals surface area contributed by atoms with Crippen molar-refractivity contribution >= 4 is 17.7 Å². The van der Waals surface area contributed by atoms with Gasteiger partial charge in [0.05, 0.1) is 12.4 Å². The van der Waals surface area contributed by atoms with Crippen molar-refractivity contribution in [3.63, 3.8) is 0 Å². The number of carbonyl (C=O) groups is 1. The van der Waals surface area contributed by atoms with Crippen LogP contribution in [0.15, 0.2) is 0 Å². The highest BCUT2D eigenvalue weighted by atomic mass is 32.2. The minimum atomic E-state index is -0.114. The van der Waals surface area contributed by atoms with E-state index in [9.17, 15) is 4.79 Å². The Morgan fingerprint density at radius 2 is 2.00 bits per heavy atom. The number of nitrogens with one attached hydrogen (secondary N) is 1. The number of rotatable bonds is 7. The van der Waals surface area contributed by atoms with Gasteiger partial charge in [0.15, 0.2) is 0 Å². The van der Waals surface area contributed by atoms with Crippen molar-refractivity contribution in [2.75, 3.05) is 24.7 Å². The molecular formula is C12H25NO2S. The second kappa shape index (κ2) is 7.96. The number of hydrogen-bond donors (Lipinski definition) is 1. The lowest BCUT2D eigenvalue weighted by atomic mass is 9.88. The van der Waals surface area contributed by atoms with Crippen LogP contribution in [0.2, 0.25) is 0 Å². The Bertz CT molecular complexity index is 202. The van der Waals surface area contributed by atoms with E-state index in [1.165, 1.54) is 0 Å². The fourth-order valence-corrected chi connectivity index (χ4v) is 2.55. The summed E-state index contributed by atoms with van der Waals surface area (Å²) in [7, 11) is 0. The zero-order chi connectivity index (χ0) is 12.6. The fourth-order valence-electron chi connectivity index (χ4n) is 1.32. The molecule has 4 heteroatoms. The van der Waals surface area contributed by atoms with Crippen LogP contribution in [-0.2, 0) is 9.53 Å². The van der Waals surface area contributed by atoms with E-state index in [1.54, 1.807) is 11.8 Å². The van der Waals surface area contributed by atoms with E-state index in [1.807, 2.05) is 6.92 Å². The van der Waals surface area contributed by atoms with Crippen LogP contribution in [0.1, 0.15) is 34.6 Å². The van der Waals surface area contributed by atoms with Crippen molar-refractivity contribution in [1.29, 1.82) is 0 Å². The van der Waals surface area contributed by atoms with E-state index in [0.29, 0.717) is 18.4 Å². The number of ether oxygens (including phenoxy) is 1. The topological polar surface area (TPSA) is 38.3 Å². The highest BCUT2D eigenvalue weighted by Gasteiger charge is 2.23. The number of hydrogen-bond acceptors (Lipinski definition) is 4. The van der Waals surface area contributed by atoms with Gasteiger partial charge in [-0.2, -0.15) is 0 Å². The van der Waals surface area contributed by atoms with Gasteiger partial charge in [0, 0.05) is 11.8 Å². The molecule has 0 rings (SSSR count). The van der Waals surface area contributed by atoms with Gasteiger partial charge in [-0.3, -0.25) is 4.79 Å². The third kappa shape index (κ3) is 7.12. The van der Waals surface area contributed by atoms with Crippen LogP contribution >= 0.6 is 11.8 Å². The minimum absolute atomic E-state index is 0.114. The lowest BCUT2D eigenvalue weighted by Crippen LogP contribution is -2.42. The molecule has 0 aliphatic carbocycles. The van der Waals surface area contributed by atoms with Gasteiger partial charge in [0.25, 0.3) is 0 Å². The Labute approximate surface area is 104 Å². The molecule has 1 atom stereocenters. The highest BCUT2D eigenvalue weighted by Crippen LogP contribution is 2.22. The molecule has 0 aliphatic rings. The fraction of sp³-hybridized carbons (Fsp3) is 0.917. The molecule has 0 heterocycles. The van der Waals surface area contributed by atoms with E-state index in [2.05, 4.69) is 33.0 Å². The minimum Gasteiger partial charge on any atom is -0.465 e. The van der Waals surface area contributed by atoms with E-state index in [-0.39, 0.29) is 11.4 Å². The molecule has 96 valence electrons. The van der Waals surface area contributed by atoms with Crippen molar-refractivity contribution in [2.45, 2.75) is 40.7 Å². The van der Waals surface area contributed by atoms with Gasteiger partial charge in [0.1, 0.15) is 0 Å². The Morgan fingerprint density at radius 1 is 1.38 bits per heavy atom. The number of carbonyl (C=O) groups excluding carboxylic acids is 1. The quantitative estimate of drug-likeness (QED) is 0.701. The van der Waals surface area contributed by atoms with Gasteiger partial charge in [-0.15, -0.1) is 11.8 Å². The molecule has 0 saturated heterocycles. The summed E-state index contributed by atoms with van der Waals surface area (Å²) in [5, 5.41) is 3.46. The normalized spacial score (nSPS) is 13.6. The number of thioether (sulfide) groups is 1. The Balaban J connectivity index is 3.90. The molecule has 0 saturated carbocycles. The lowest BCUT2D eigenvalue weighted by Gasteiger charge is -2.31. The Morgan fingerprint density at radius 3 is 2.44 bits per heavy atom. The second-order valence-corrected chi connectivity index (χ2v) is 5.83. The number of esters is 1. The molecule has 0 fully saturated rings.